The van der Waals surface area contributed by atoms with Crippen molar-refractivity contribution in [2.75, 3.05) is 31.1 Å². The molecular weight excluding hydrogens is 427 g/mol. The van der Waals surface area contributed by atoms with Crippen molar-refractivity contribution in [2.24, 2.45) is 0 Å². The average molecular weight is 451 g/mol. The largest absolute Gasteiger partial charge is 0.382 e. The van der Waals surface area contributed by atoms with Gasteiger partial charge in [0.05, 0.1) is 15.5 Å². The van der Waals surface area contributed by atoms with Gasteiger partial charge in [0, 0.05) is 31.5 Å². The molecule has 0 bridgehead atoms. The van der Waals surface area contributed by atoms with Gasteiger partial charge in [0.25, 0.3) is 15.9 Å². The van der Waals surface area contributed by atoms with Gasteiger partial charge in [-0.05, 0) is 67.3 Å². The van der Waals surface area contributed by atoms with Crippen LogP contribution in [0.25, 0.3) is 10.1 Å². The van der Waals surface area contributed by atoms with E-state index in [0.29, 0.717) is 30.3 Å². The van der Waals surface area contributed by atoms with Crippen molar-refractivity contribution >= 4 is 43.0 Å². The summed E-state index contributed by atoms with van der Waals surface area (Å²) in [7, 11) is -2.39. The summed E-state index contributed by atoms with van der Waals surface area (Å²) in [4.78, 5) is 12.9. The second-order valence-electron chi connectivity index (χ2n) is 6.57. The van der Waals surface area contributed by atoms with Crippen LogP contribution in [0.5, 0.6) is 0 Å². The minimum absolute atomic E-state index is 0.00364. The summed E-state index contributed by atoms with van der Waals surface area (Å²) in [6, 6.07) is 11.6. The lowest BCUT2D eigenvalue weighted by atomic mass is 10.2. The molecule has 2 aromatic carbocycles. The van der Waals surface area contributed by atoms with Crippen molar-refractivity contribution in [3.05, 3.63) is 59.2 Å². The van der Waals surface area contributed by atoms with Gasteiger partial charge in [0.2, 0.25) is 0 Å². The van der Waals surface area contributed by atoms with Crippen LogP contribution in [0, 0.1) is 5.82 Å². The SMILES string of the molecule is CCOCCCNC(=O)c1cc2cc(N(C)S(=O)(=O)c3ccc(F)cc3)ccc2s1. The fourth-order valence-electron chi connectivity index (χ4n) is 2.85. The van der Waals surface area contributed by atoms with Crippen LogP contribution in [-0.2, 0) is 14.8 Å². The Morgan fingerprint density at radius 2 is 1.90 bits per heavy atom. The fraction of sp³-hybridized carbons (Fsp3) is 0.286. The highest BCUT2D eigenvalue weighted by molar-refractivity contribution is 7.92. The number of amides is 1. The van der Waals surface area contributed by atoms with Crippen molar-refractivity contribution in [3.8, 4) is 0 Å². The number of sulfonamides is 1. The number of carbonyl (C=O) groups is 1. The fourth-order valence-corrected chi connectivity index (χ4v) is 5.00. The van der Waals surface area contributed by atoms with E-state index in [1.165, 1.54) is 30.5 Å². The Morgan fingerprint density at radius 1 is 1.17 bits per heavy atom. The lowest BCUT2D eigenvalue weighted by molar-refractivity contribution is 0.0948. The lowest BCUT2D eigenvalue weighted by Crippen LogP contribution is -2.26. The molecule has 0 radical (unpaired) electrons. The molecule has 0 aliphatic carbocycles. The highest BCUT2D eigenvalue weighted by atomic mass is 32.2. The number of benzene rings is 2. The molecule has 1 N–H and O–H groups in total. The van der Waals surface area contributed by atoms with Crippen LogP contribution < -0.4 is 9.62 Å². The Morgan fingerprint density at radius 3 is 2.60 bits per heavy atom. The summed E-state index contributed by atoms with van der Waals surface area (Å²) in [5, 5.41) is 3.64. The van der Waals surface area contributed by atoms with E-state index in [4.69, 9.17) is 4.74 Å². The molecule has 30 heavy (non-hydrogen) atoms. The quantitative estimate of drug-likeness (QED) is 0.500. The minimum atomic E-state index is -3.83. The minimum Gasteiger partial charge on any atom is -0.382 e. The van der Waals surface area contributed by atoms with E-state index >= 15 is 0 Å². The molecule has 0 aliphatic heterocycles. The molecular formula is C21H23FN2O4S2. The predicted octanol–water partition coefficient (Wildman–Crippen LogP) is 4.02. The van der Waals surface area contributed by atoms with Gasteiger partial charge in [-0.15, -0.1) is 11.3 Å². The van der Waals surface area contributed by atoms with E-state index in [0.717, 1.165) is 32.9 Å². The van der Waals surface area contributed by atoms with Crippen molar-refractivity contribution in [3.63, 3.8) is 0 Å². The van der Waals surface area contributed by atoms with E-state index < -0.39 is 15.8 Å². The zero-order valence-electron chi connectivity index (χ0n) is 16.7. The van der Waals surface area contributed by atoms with Crippen LogP contribution in [0.4, 0.5) is 10.1 Å². The Labute approximate surface area is 179 Å². The molecule has 3 rings (SSSR count). The number of carbonyl (C=O) groups excluding carboxylic acids is 1. The van der Waals surface area contributed by atoms with Gasteiger partial charge < -0.3 is 10.1 Å². The summed E-state index contributed by atoms with van der Waals surface area (Å²) < 4.78 is 46.0. The second-order valence-corrected chi connectivity index (χ2v) is 9.62. The molecule has 0 saturated carbocycles. The zero-order chi connectivity index (χ0) is 21.7. The van der Waals surface area contributed by atoms with Gasteiger partial charge in [-0.3, -0.25) is 9.10 Å². The molecule has 1 heterocycles. The molecule has 0 fully saturated rings. The Hall–Kier alpha value is -2.49. The molecule has 0 atom stereocenters. The number of thiophene rings is 1. The molecule has 0 spiro atoms. The summed E-state index contributed by atoms with van der Waals surface area (Å²) in [5.41, 5.74) is 0.452. The predicted molar refractivity (Wildman–Crippen MR) is 117 cm³/mol. The van der Waals surface area contributed by atoms with Crippen molar-refractivity contribution < 1.29 is 22.3 Å². The number of nitrogens with one attached hydrogen (secondary N) is 1. The normalized spacial score (nSPS) is 11.6. The van der Waals surface area contributed by atoms with Gasteiger partial charge in [0.15, 0.2) is 0 Å². The number of anilines is 1. The third-order valence-electron chi connectivity index (χ3n) is 4.51. The van der Waals surface area contributed by atoms with Crippen molar-refractivity contribution in [1.29, 1.82) is 0 Å². The van der Waals surface area contributed by atoms with Gasteiger partial charge in [0.1, 0.15) is 5.82 Å². The third kappa shape index (κ3) is 4.97. The average Bonchev–Trinajstić information content (AvgIpc) is 3.16. The van der Waals surface area contributed by atoms with Crippen LogP contribution in [0.3, 0.4) is 0 Å². The maximum absolute atomic E-state index is 13.1. The Balaban J connectivity index is 1.76. The summed E-state index contributed by atoms with van der Waals surface area (Å²) in [5.74, 6) is -0.665. The molecule has 1 aromatic heterocycles. The Bertz CT molecular complexity index is 1130. The molecule has 6 nitrogen and oxygen atoms in total. The molecule has 0 aliphatic rings. The van der Waals surface area contributed by atoms with E-state index in [1.54, 1.807) is 24.3 Å². The maximum Gasteiger partial charge on any atom is 0.264 e. The number of ether oxygens (including phenoxy) is 1. The van der Waals surface area contributed by atoms with E-state index in [9.17, 15) is 17.6 Å². The monoisotopic (exact) mass is 450 g/mol. The summed E-state index contributed by atoms with van der Waals surface area (Å²) in [6.07, 6.45) is 0.737. The first kappa shape index (κ1) is 22.2. The van der Waals surface area contributed by atoms with Crippen molar-refractivity contribution in [2.45, 2.75) is 18.2 Å². The summed E-state index contributed by atoms with van der Waals surface area (Å²) in [6.45, 7) is 3.70. The number of fused-ring (bicyclic) bond motifs is 1. The van der Waals surface area contributed by atoms with Crippen LogP contribution in [-0.4, -0.2) is 41.1 Å². The van der Waals surface area contributed by atoms with E-state index in [-0.39, 0.29) is 10.8 Å². The zero-order valence-corrected chi connectivity index (χ0v) is 18.4. The van der Waals surface area contributed by atoms with Crippen LogP contribution >= 0.6 is 11.3 Å². The first-order valence-electron chi connectivity index (χ1n) is 9.47. The number of hydrogen-bond donors (Lipinski definition) is 1. The first-order valence-corrected chi connectivity index (χ1v) is 11.7. The molecule has 1 amide bonds. The highest BCUT2D eigenvalue weighted by Gasteiger charge is 2.22. The maximum atomic E-state index is 13.1. The number of hydrogen-bond acceptors (Lipinski definition) is 5. The van der Waals surface area contributed by atoms with Crippen LogP contribution in [0.15, 0.2) is 53.4 Å². The number of rotatable bonds is 9. The first-order chi connectivity index (χ1) is 14.3. The van der Waals surface area contributed by atoms with Crippen LogP contribution in [0.2, 0.25) is 0 Å². The van der Waals surface area contributed by atoms with E-state index in [2.05, 4.69) is 5.32 Å². The number of halogens is 1. The molecule has 160 valence electrons. The third-order valence-corrected chi connectivity index (χ3v) is 7.43. The standard InChI is InChI=1S/C21H23FN2O4S2/c1-3-28-12-4-11-23-21(25)20-14-15-13-17(7-10-19(15)29-20)24(2)30(26,27)18-8-5-16(22)6-9-18/h5-10,13-14H,3-4,11-12H2,1-2H3,(H,23,25). The Kier molecular flexibility index (Phi) is 7.06. The van der Waals surface area contributed by atoms with Gasteiger partial charge in [-0.1, -0.05) is 0 Å². The van der Waals surface area contributed by atoms with Crippen LogP contribution in [0.1, 0.15) is 23.0 Å². The van der Waals surface area contributed by atoms with E-state index in [1.807, 2.05) is 6.92 Å². The van der Waals surface area contributed by atoms with Gasteiger partial charge in [-0.25, -0.2) is 12.8 Å². The van der Waals surface area contributed by atoms with Crippen molar-refractivity contribution in [1.82, 2.24) is 5.32 Å². The second kappa shape index (κ2) is 9.55. The highest BCUT2D eigenvalue weighted by Crippen LogP contribution is 2.31. The topological polar surface area (TPSA) is 75.7 Å². The molecule has 0 saturated heterocycles. The summed E-state index contributed by atoms with van der Waals surface area (Å²) >= 11 is 1.35. The molecule has 3 aromatic rings. The molecule has 9 heteroatoms. The number of nitrogens with zero attached hydrogens (tertiary/aromatic N) is 1. The van der Waals surface area contributed by atoms with Gasteiger partial charge in [-0.2, -0.15) is 0 Å². The molecule has 0 unspecified atom stereocenters. The smallest absolute Gasteiger partial charge is 0.264 e. The van der Waals surface area contributed by atoms with Gasteiger partial charge >= 0.3 is 0 Å². The lowest BCUT2D eigenvalue weighted by Gasteiger charge is -2.19.